The number of benzene rings is 1. The van der Waals surface area contributed by atoms with Crippen LogP contribution < -0.4 is 5.32 Å². The summed E-state index contributed by atoms with van der Waals surface area (Å²) < 4.78 is 5.54. The summed E-state index contributed by atoms with van der Waals surface area (Å²) >= 11 is 6.46. The Morgan fingerprint density at radius 2 is 1.83 bits per heavy atom. The standard InChI is InChI=1S/C18H25ClN2O2/c1-13-11-21(12-14(2)20-13)17(22)18(7-9-23-10-8-18)15-5-3-4-6-16(15)19/h3-6,13-14,20H,7-12H2,1-2H3/t13-,14-/m0/s1. The van der Waals surface area contributed by atoms with Gasteiger partial charge in [-0.25, -0.2) is 0 Å². The van der Waals surface area contributed by atoms with Crippen molar-refractivity contribution < 1.29 is 9.53 Å². The van der Waals surface area contributed by atoms with Crippen LogP contribution in [0.25, 0.3) is 0 Å². The van der Waals surface area contributed by atoms with Gasteiger partial charge in [-0.2, -0.15) is 0 Å². The lowest BCUT2D eigenvalue weighted by atomic mass is 9.72. The second kappa shape index (κ2) is 6.80. The summed E-state index contributed by atoms with van der Waals surface area (Å²) in [6.45, 7) is 6.96. The van der Waals surface area contributed by atoms with Gasteiger partial charge < -0.3 is 15.0 Å². The molecule has 0 saturated carbocycles. The van der Waals surface area contributed by atoms with Crippen LogP contribution in [0.2, 0.25) is 5.02 Å². The van der Waals surface area contributed by atoms with Gasteiger partial charge in [-0.3, -0.25) is 4.79 Å². The number of nitrogens with zero attached hydrogens (tertiary/aromatic N) is 1. The van der Waals surface area contributed by atoms with E-state index in [1.54, 1.807) is 0 Å². The van der Waals surface area contributed by atoms with Gasteiger partial charge in [-0.15, -0.1) is 0 Å². The number of ether oxygens (including phenoxy) is 1. The molecule has 0 unspecified atom stereocenters. The molecule has 0 aromatic heterocycles. The van der Waals surface area contributed by atoms with Gasteiger partial charge in [0.2, 0.25) is 5.91 Å². The zero-order valence-electron chi connectivity index (χ0n) is 13.8. The summed E-state index contributed by atoms with van der Waals surface area (Å²) in [7, 11) is 0. The topological polar surface area (TPSA) is 41.6 Å². The van der Waals surface area contributed by atoms with Crippen molar-refractivity contribution in [3.8, 4) is 0 Å². The molecule has 1 N–H and O–H groups in total. The minimum Gasteiger partial charge on any atom is -0.381 e. The number of piperazine rings is 1. The average molecular weight is 337 g/mol. The Bertz CT molecular complexity index is 562. The number of amides is 1. The number of hydrogen-bond acceptors (Lipinski definition) is 3. The molecule has 23 heavy (non-hydrogen) atoms. The quantitative estimate of drug-likeness (QED) is 0.902. The van der Waals surface area contributed by atoms with Crippen LogP contribution in [0.1, 0.15) is 32.3 Å². The van der Waals surface area contributed by atoms with Gasteiger partial charge >= 0.3 is 0 Å². The van der Waals surface area contributed by atoms with Crippen molar-refractivity contribution in [2.24, 2.45) is 0 Å². The first-order valence-electron chi connectivity index (χ1n) is 8.41. The van der Waals surface area contributed by atoms with Crippen LogP contribution in [0.5, 0.6) is 0 Å². The Kier molecular flexibility index (Phi) is 4.95. The third-order valence-electron chi connectivity index (χ3n) is 4.99. The first kappa shape index (κ1) is 16.7. The van der Waals surface area contributed by atoms with Crippen molar-refractivity contribution in [1.82, 2.24) is 10.2 Å². The van der Waals surface area contributed by atoms with Crippen LogP contribution in [0.3, 0.4) is 0 Å². The van der Waals surface area contributed by atoms with E-state index in [0.29, 0.717) is 43.2 Å². The van der Waals surface area contributed by atoms with Crippen molar-refractivity contribution in [2.45, 2.75) is 44.2 Å². The van der Waals surface area contributed by atoms with Crippen LogP contribution in [0.4, 0.5) is 0 Å². The van der Waals surface area contributed by atoms with Gasteiger partial charge in [0.1, 0.15) is 0 Å². The average Bonchev–Trinajstić information content (AvgIpc) is 2.54. The van der Waals surface area contributed by atoms with Crippen LogP contribution in [-0.4, -0.2) is 49.2 Å². The SMILES string of the molecule is C[C@H]1CN(C(=O)C2(c3ccccc3Cl)CCOCC2)C[C@H](C)N1. The number of carbonyl (C=O) groups excluding carboxylic acids is 1. The second-order valence-corrected chi connectivity index (χ2v) is 7.26. The fourth-order valence-corrected chi connectivity index (χ4v) is 4.28. The number of carbonyl (C=O) groups is 1. The van der Waals surface area contributed by atoms with E-state index >= 15 is 0 Å². The van der Waals surface area contributed by atoms with Crippen LogP contribution in [-0.2, 0) is 14.9 Å². The minimum absolute atomic E-state index is 0.203. The van der Waals surface area contributed by atoms with E-state index in [1.807, 2.05) is 29.2 Å². The molecule has 1 aromatic rings. The van der Waals surface area contributed by atoms with E-state index in [2.05, 4.69) is 19.2 Å². The maximum absolute atomic E-state index is 13.5. The molecule has 4 nitrogen and oxygen atoms in total. The van der Waals surface area contributed by atoms with Crippen molar-refractivity contribution in [3.05, 3.63) is 34.9 Å². The van der Waals surface area contributed by atoms with Gasteiger partial charge in [-0.1, -0.05) is 29.8 Å². The number of halogens is 1. The number of rotatable bonds is 2. The first-order chi connectivity index (χ1) is 11.0. The van der Waals surface area contributed by atoms with E-state index in [0.717, 1.165) is 18.7 Å². The summed E-state index contributed by atoms with van der Waals surface area (Å²) in [5, 5.41) is 4.17. The molecule has 0 aliphatic carbocycles. The Morgan fingerprint density at radius 3 is 2.43 bits per heavy atom. The van der Waals surface area contributed by atoms with Gasteiger partial charge in [0.15, 0.2) is 0 Å². The zero-order valence-corrected chi connectivity index (χ0v) is 14.6. The van der Waals surface area contributed by atoms with Gasteiger partial charge in [0.25, 0.3) is 0 Å². The van der Waals surface area contributed by atoms with E-state index in [-0.39, 0.29) is 5.91 Å². The van der Waals surface area contributed by atoms with Crippen molar-refractivity contribution in [1.29, 1.82) is 0 Å². The molecule has 0 radical (unpaired) electrons. The Morgan fingerprint density at radius 1 is 1.22 bits per heavy atom. The third kappa shape index (κ3) is 3.25. The maximum Gasteiger partial charge on any atom is 0.233 e. The predicted octanol–water partition coefficient (Wildman–Crippen LogP) is 2.60. The van der Waals surface area contributed by atoms with E-state index in [1.165, 1.54) is 0 Å². The minimum atomic E-state index is -0.548. The Labute approximate surface area is 143 Å². The molecule has 2 aliphatic rings. The molecule has 0 bridgehead atoms. The van der Waals surface area contributed by atoms with Crippen LogP contribution >= 0.6 is 11.6 Å². The van der Waals surface area contributed by atoms with Gasteiger partial charge in [-0.05, 0) is 38.3 Å². The number of nitrogens with one attached hydrogen (secondary N) is 1. The molecule has 0 spiro atoms. The van der Waals surface area contributed by atoms with Gasteiger partial charge in [0.05, 0.1) is 5.41 Å². The molecule has 2 saturated heterocycles. The Hall–Kier alpha value is -1.10. The highest BCUT2D eigenvalue weighted by atomic mass is 35.5. The molecule has 1 amide bonds. The molecule has 1 aromatic carbocycles. The van der Waals surface area contributed by atoms with Gasteiger partial charge in [0, 0.05) is 43.4 Å². The lowest BCUT2D eigenvalue weighted by molar-refractivity contribution is -0.143. The lowest BCUT2D eigenvalue weighted by Gasteiger charge is -2.44. The van der Waals surface area contributed by atoms with Crippen molar-refractivity contribution in [3.63, 3.8) is 0 Å². The summed E-state index contributed by atoms with van der Waals surface area (Å²) in [4.78, 5) is 15.5. The fraction of sp³-hybridized carbons (Fsp3) is 0.611. The summed E-state index contributed by atoms with van der Waals surface area (Å²) in [5.74, 6) is 0.203. The predicted molar refractivity (Wildman–Crippen MR) is 91.8 cm³/mol. The zero-order chi connectivity index (χ0) is 16.4. The highest BCUT2D eigenvalue weighted by Crippen LogP contribution is 2.40. The van der Waals surface area contributed by atoms with Crippen LogP contribution in [0, 0.1) is 0 Å². The molecule has 5 heteroatoms. The molecule has 126 valence electrons. The molecular weight excluding hydrogens is 312 g/mol. The molecule has 2 atom stereocenters. The summed E-state index contributed by atoms with van der Waals surface area (Å²) in [6, 6.07) is 8.38. The summed E-state index contributed by atoms with van der Waals surface area (Å²) in [5.41, 5.74) is 0.404. The molecule has 2 heterocycles. The first-order valence-corrected chi connectivity index (χ1v) is 8.79. The van der Waals surface area contributed by atoms with Crippen molar-refractivity contribution >= 4 is 17.5 Å². The fourth-order valence-electron chi connectivity index (χ4n) is 3.96. The number of hydrogen-bond donors (Lipinski definition) is 1. The monoisotopic (exact) mass is 336 g/mol. The molecule has 3 rings (SSSR count). The van der Waals surface area contributed by atoms with E-state index in [4.69, 9.17) is 16.3 Å². The highest BCUT2D eigenvalue weighted by molar-refractivity contribution is 6.31. The molecule has 2 aliphatic heterocycles. The van der Waals surface area contributed by atoms with E-state index in [9.17, 15) is 4.79 Å². The van der Waals surface area contributed by atoms with E-state index < -0.39 is 5.41 Å². The molecule has 2 fully saturated rings. The molecular formula is C18H25ClN2O2. The highest BCUT2D eigenvalue weighted by Gasteiger charge is 2.46. The second-order valence-electron chi connectivity index (χ2n) is 6.85. The smallest absolute Gasteiger partial charge is 0.233 e. The maximum atomic E-state index is 13.5. The van der Waals surface area contributed by atoms with Crippen LogP contribution in [0.15, 0.2) is 24.3 Å². The largest absolute Gasteiger partial charge is 0.381 e. The normalized spacial score (nSPS) is 27.7. The third-order valence-corrected chi connectivity index (χ3v) is 5.32. The lowest BCUT2D eigenvalue weighted by Crippen LogP contribution is -2.60. The summed E-state index contributed by atoms with van der Waals surface area (Å²) in [6.07, 6.45) is 1.39. The Balaban J connectivity index is 1.96. The van der Waals surface area contributed by atoms with Crippen molar-refractivity contribution in [2.75, 3.05) is 26.3 Å².